The quantitative estimate of drug-likeness (QED) is 0.705. The van der Waals surface area contributed by atoms with Gasteiger partial charge >= 0.3 is 5.97 Å². The molecule has 1 saturated carbocycles. The zero-order valence-electron chi connectivity index (χ0n) is 15.6. The van der Waals surface area contributed by atoms with Crippen molar-refractivity contribution in [2.24, 2.45) is 5.73 Å². The number of rotatable bonds is 4. The normalized spacial score (nSPS) is 15.7. The second-order valence-electron chi connectivity index (χ2n) is 7.64. The van der Waals surface area contributed by atoms with Crippen LogP contribution in [0.25, 0.3) is 11.0 Å². The molecule has 0 saturated heterocycles. The zero-order chi connectivity index (χ0) is 20.3. The Bertz CT molecular complexity index is 1230. The molecule has 3 aromatic rings. The molecule has 0 radical (unpaired) electrons. The SMILES string of the molecule is NCc1ccc2c(c1)CN(c1nc3c(cc1F)c(=O)c(C(=O)O)cn3C1CC1)C2. The van der Waals surface area contributed by atoms with Crippen molar-refractivity contribution in [3.63, 3.8) is 0 Å². The van der Waals surface area contributed by atoms with Crippen LogP contribution in [0, 0.1) is 5.82 Å². The number of fused-ring (bicyclic) bond motifs is 2. The Hall–Kier alpha value is -3.26. The highest BCUT2D eigenvalue weighted by Gasteiger charge is 2.30. The third-order valence-corrected chi connectivity index (χ3v) is 5.64. The fraction of sp³-hybridized carbons (Fsp3) is 0.286. The first-order chi connectivity index (χ1) is 14.0. The van der Waals surface area contributed by atoms with Crippen molar-refractivity contribution < 1.29 is 14.3 Å². The Kier molecular flexibility index (Phi) is 3.92. The molecule has 29 heavy (non-hydrogen) atoms. The fourth-order valence-electron chi connectivity index (χ4n) is 3.97. The molecular formula is C21H19FN4O3. The van der Waals surface area contributed by atoms with Crippen LogP contribution >= 0.6 is 0 Å². The molecule has 5 rings (SSSR count). The minimum Gasteiger partial charge on any atom is -0.477 e. The number of hydrogen-bond acceptors (Lipinski definition) is 5. The molecule has 0 unspecified atom stereocenters. The second-order valence-corrected chi connectivity index (χ2v) is 7.64. The van der Waals surface area contributed by atoms with Crippen molar-refractivity contribution in [1.82, 2.24) is 9.55 Å². The van der Waals surface area contributed by atoms with Crippen LogP contribution in [0.15, 0.2) is 35.3 Å². The van der Waals surface area contributed by atoms with Gasteiger partial charge in [-0.05, 0) is 35.6 Å². The maximum atomic E-state index is 15.0. The van der Waals surface area contributed by atoms with E-state index in [1.807, 2.05) is 23.1 Å². The van der Waals surface area contributed by atoms with E-state index in [9.17, 15) is 19.1 Å². The van der Waals surface area contributed by atoms with E-state index in [0.29, 0.717) is 25.3 Å². The lowest BCUT2D eigenvalue weighted by Crippen LogP contribution is -2.22. The van der Waals surface area contributed by atoms with E-state index in [2.05, 4.69) is 4.98 Å². The van der Waals surface area contributed by atoms with Crippen LogP contribution in [-0.2, 0) is 19.6 Å². The number of aromatic nitrogens is 2. The third-order valence-electron chi connectivity index (χ3n) is 5.64. The van der Waals surface area contributed by atoms with E-state index in [1.165, 1.54) is 6.20 Å². The summed E-state index contributed by atoms with van der Waals surface area (Å²) >= 11 is 0. The van der Waals surface area contributed by atoms with Gasteiger partial charge in [-0.3, -0.25) is 4.79 Å². The van der Waals surface area contributed by atoms with Gasteiger partial charge in [0.25, 0.3) is 0 Å². The molecule has 8 heteroatoms. The van der Waals surface area contributed by atoms with Crippen molar-refractivity contribution in [3.05, 3.63) is 68.8 Å². The maximum absolute atomic E-state index is 15.0. The van der Waals surface area contributed by atoms with Crippen molar-refractivity contribution in [2.45, 2.75) is 38.5 Å². The standard InChI is InChI=1S/C21H19FN4O3/c22-17-6-15-18(27)16(21(28)29)10-26(14-3-4-14)19(15)24-20(17)25-8-12-2-1-11(7-23)5-13(12)9-25/h1-2,5-6,10,14H,3-4,7-9,23H2,(H,28,29). The molecule has 2 aromatic heterocycles. The molecule has 1 aliphatic heterocycles. The number of nitrogens with zero attached hydrogens (tertiary/aromatic N) is 3. The van der Waals surface area contributed by atoms with Gasteiger partial charge in [-0.25, -0.2) is 14.2 Å². The maximum Gasteiger partial charge on any atom is 0.341 e. The fourth-order valence-corrected chi connectivity index (χ4v) is 3.97. The van der Waals surface area contributed by atoms with Crippen molar-refractivity contribution in [1.29, 1.82) is 0 Å². The lowest BCUT2D eigenvalue weighted by molar-refractivity contribution is 0.0695. The van der Waals surface area contributed by atoms with E-state index < -0.39 is 17.2 Å². The summed E-state index contributed by atoms with van der Waals surface area (Å²) < 4.78 is 16.7. The van der Waals surface area contributed by atoms with Crippen LogP contribution in [0.4, 0.5) is 10.2 Å². The predicted octanol–water partition coefficient (Wildman–Crippen LogP) is 2.55. The molecule has 1 fully saturated rings. The summed E-state index contributed by atoms with van der Waals surface area (Å²) in [6.07, 6.45) is 3.09. The van der Waals surface area contributed by atoms with E-state index in [0.717, 1.165) is 35.6 Å². The Morgan fingerprint density at radius 3 is 2.69 bits per heavy atom. The minimum absolute atomic E-state index is 0.000166. The number of carbonyl (C=O) groups is 1. The summed E-state index contributed by atoms with van der Waals surface area (Å²) in [6, 6.07) is 7.19. The van der Waals surface area contributed by atoms with Crippen molar-refractivity contribution >= 4 is 22.8 Å². The highest BCUT2D eigenvalue weighted by Crippen LogP contribution is 2.38. The van der Waals surface area contributed by atoms with Gasteiger partial charge in [0.15, 0.2) is 11.6 Å². The molecule has 7 nitrogen and oxygen atoms in total. The van der Waals surface area contributed by atoms with E-state index in [1.54, 1.807) is 4.57 Å². The van der Waals surface area contributed by atoms with E-state index >= 15 is 0 Å². The van der Waals surface area contributed by atoms with Gasteiger partial charge in [0, 0.05) is 31.9 Å². The Morgan fingerprint density at radius 2 is 2.00 bits per heavy atom. The summed E-state index contributed by atoms with van der Waals surface area (Å²) in [5.41, 5.74) is 8.16. The van der Waals surface area contributed by atoms with Crippen LogP contribution in [0.1, 0.15) is 45.9 Å². The molecule has 0 spiro atoms. The van der Waals surface area contributed by atoms with Gasteiger partial charge in [-0.2, -0.15) is 0 Å². The van der Waals surface area contributed by atoms with Crippen LogP contribution in [0.3, 0.4) is 0 Å². The molecule has 3 heterocycles. The smallest absolute Gasteiger partial charge is 0.341 e. The summed E-state index contributed by atoms with van der Waals surface area (Å²) in [4.78, 5) is 30.4. The number of pyridine rings is 2. The van der Waals surface area contributed by atoms with Crippen LogP contribution in [0.5, 0.6) is 0 Å². The third kappa shape index (κ3) is 2.87. The first-order valence-electron chi connectivity index (χ1n) is 9.50. The zero-order valence-corrected chi connectivity index (χ0v) is 15.6. The van der Waals surface area contributed by atoms with E-state index in [4.69, 9.17) is 5.73 Å². The number of carboxylic acids is 1. The number of benzene rings is 1. The molecular weight excluding hydrogens is 375 g/mol. The van der Waals surface area contributed by atoms with Gasteiger partial charge in [0.05, 0.1) is 5.39 Å². The highest BCUT2D eigenvalue weighted by molar-refractivity contribution is 5.92. The molecule has 3 N–H and O–H groups in total. The first kappa shape index (κ1) is 17.8. The second kappa shape index (κ2) is 6.38. The molecule has 0 bridgehead atoms. The summed E-state index contributed by atoms with van der Waals surface area (Å²) in [5, 5.41) is 9.35. The minimum atomic E-state index is -1.32. The lowest BCUT2D eigenvalue weighted by Gasteiger charge is -2.19. The van der Waals surface area contributed by atoms with Gasteiger partial charge in [-0.15, -0.1) is 0 Å². The number of halogens is 1. The van der Waals surface area contributed by atoms with Gasteiger partial charge in [0.1, 0.15) is 11.2 Å². The first-order valence-corrected chi connectivity index (χ1v) is 9.50. The highest BCUT2D eigenvalue weighted by atomic mass is 19.1. The molecule has 2 aliphatic rings. The number of aromatic carboxylic acids is 1. The lowest BCUT2D eigenvalue weighted by atomic mass is 10.1. The van der Waals surface area contributed by atoms with Crippen molar-refractivity contribution in [2.75, 3.05) is 4.90 Å². The van der Waals surface area contributed by atoms with Crippen LogP contribution in [0.2, 0.25) is 0 Å². The van der Waals surface area contributed by atoms with Crippen LogP contribution in [-0.4, -0.2) is 20.6 Å². The molecule has 0 amide bonds. The molecule has 1 aliphatic carbocycles. The van der Waals surface area contributed by atoms with Gasteiger partial charge in [-0.1, -0.05) is 18.2 Å². The number of carboxylic acid groups (broad SMARTS) is 1. The number of nitrogens with two attached hydrogens (primary N) is 1. The average Bonchev–Trinajstić information content (AvgIpc) is 3.46. The number of anilines is 1. The summed E-state index contributed by atoms with van der Waals surface area (Å²) in [5.74, 6) is -1.78. The largest absolute Gasteiger partial charge is 0.477 e. The monoisotopic (exact) mass is 394 g/mol. The van der Waals surface area contributed by atoms with E-state index in [-0.39, 0.29) is 22.8 Å². The van der Waals surface area contributed by atoms with Crippen LogP contribution < -0.4 is 16.1 Å². The Morgan fingerprint density at radius 1 is 1.24 bits per heavy atom. The van der Waals surface area contributed by atoms with Crippen molar-refractivity contribution in [3.8, 4) is 0 Å². The molecule has 148 valence electrons. The number of hydrogen-bond donors (Lipinski definition) is 2. The average molecular weight is 394 g/mol. The summed E-state index contributed by atoms with van der Waals surface area (Å²) in [7, 11) is 0. The van der Waals surface area contributed by atoms with Gasteiger partial charge < -0.3 is 20.3 Å². The molecule has 0 atom stereocenters. The topological polar surface area (TPSA) is 101 Å². The van der Waals surface area contributed by atoms with Gasteiger partial charge in [0.2, 0.25) is 5.43 Å². The molecule has 1 aromatic carbocycles. The Labute approximate surface area is 165 Å². The summed E-state index contributed by atoms with van der Waals surface area (Å²) in [6.45, 7) is 1.45. The predicted molar refractivity (Wildman–Crippen MR) is 105 cm³/mol. The Balaban J connectivity index is 1.64.